The van der Waals surface area contributed by atoms with Crippen molar-refractivity contribution in [3.05, 3.63) is 24.3 Å². The average molecular weight is 334 g/mol. The Bertz CT molecular complexity index is 486. The van der Waals surface area contributed by atoms with E-state index in [0.29, 0.717) is 36.2 Å². The zero-order valence-electron chi connectivity index (χ0n) is 15.1. The van der Waals surface area contributed by atoms with Crippen molar-refractivity contribution in [2.45, 2.75) is 64.4 Å². The lowest BCUT2D eigenvalue weighted by Crippen LogP contribution is -2.38. The molecule has 4 heteroatoms. The highest BCUT2D eigenvalue weighted by Gasteiger charge is 2.47. The summed E-state index contributed by atoms with van der Waals surface area (Å²) < 4.78 is 16.8. The molecule has 2 aliphatic heterocycles. The van der Waals surface area contributed by atoms with Gasteiger partial charge in [0.05, 0.1) is 25.4 Å². The molecule has 0 N–H and O–H groups in total. The Morgan fingerprint density at radius 2 is 1.88 bits per heavy atom. The second-order valence-electron chi connectivity index (χ2n) is 7.53. The lowest BCUT2D eigenvalue weighted by atomic mass is 9.79. The van der Waals surface area contributed by atoms with E-state index in [1.54, 1.807) is 0 Å². The van der Waals surface area contributed by atoms with E-state index in [2.05, 4.69) is 45.1 Å². The van der Waals surface area contributed by atoms with Crippen molar-refractivity contribution in [3.63, 3.8) is 0 Å². The summed E-state index contributed by atoms with van der Waals surface area (Å²) in [7, 11) is 0. The van der Waals surface area contributed by atoms with E-state index in [0.717, 1.165) is 32.5 Å². The molecule has 0 aromatic rings. The van der Waals surface area contributed by atoms with Crippen molar-refractivity contribution in [1.82, 2.24) is 0 Å². The van der Waals surface area contributed by atoms with Gasteiger partial charge in [0.15, 0.2) is 0 Å². The maximum Gasteiger partial charge on any atom is 0.207 e. The molecule has 0 radical (unpaired) electrons. The smallest absolute Gasteiger partial charge is 0.207 e. The molecule has 2 heterocycles. The van der Waals surface area contributed by atoms with E-state index in [9.17, 15) is 4.79 Å². The molecule has 0 aromatic carbocycles. The predicted octanol–water partition coefficient (Wildman–Crippen LogP) is 3.66. The Kier molecular flexibility index (Phi) is 5.58. The van der Waals surface area contributed by atoms with Gasteiger partial charge in [0.2, 0.25) is 5.79 Å². The van der Waals surface area contributed by atoms with Gasteiger partial charge in [-0.1, -0.05) is 32.9 Å². The SMILES string of the molecule is CC(C)C1C=CC2(C=C1)OCCCO2.CCC1CC2C(=O)CC2O1. The number of ketones is 1. The Hall–Kier alpha value is -0.970. The number of fused-ring (bicyclic) bond motifs is 1. The van der Waals surface area contributed by atoms with Crippen LogP contribution in [0.4, 0.5) is 0 Å². The molecule has 134 valence electrons. The van der Waals surface area contributed by atoms with Gasteiger partial charge < -0.3 is 14.2 Å². The summed E-state index contributed by atoms with van der Waals surface area (Å²) in [6.45, 7) is 8.14. The van der Waals surface area contributed by atoms with Crippen LogP contribution in [0, 0.1) is 17.8 Å². The third-order valence-electron chi connectivity index (χ3n) is 5.42. The molecule has 0 amide bonds. The molecular weight excluding hydrogens is 304 g/mol. The number of hydrogen-bond donors (Lipinski definition) is 0. The van der Waals surface area contributed by atoms with E-state index in [-0.39, 0.29) is 5.92 Å². The first-order valence-electron chi connectivity index (χ1n) is 9.38. The van der Waals surface area contributed by atoms with Gasteiger partial charge in [-0.05, 0) is 43.3 Å². The summed E-state index contributed by atoms with van der Waals surface area (Å²) >= 11 is 0. The van der Waals surface area contributed by atoms with Gasteiger partial charge in [0.1, 0.15) is 5.78 Å². The van der Waals surface area contributed by atoms with Crippen LogP contribution in [0.15, 0.2) is 24.3 Å². The molecule has 4 rings (SSSR count). The molecule has 3 atom stereocenters. The van der Waals surface area contributed by atoms with Gasteiger partial charge in [-0.25, -0.2) is 0 Å². The van der Waals surface area contributed by atoms with Crippen LogP contribution in [-0.4, -0.2) is 37.0 Å². The molecule has 3 unspecified atom stereocenters. The van der Waals surface area contributed by atoms with Crippen molar-refractivity contribution in [1.29, 1.82) is 0 Å². The monoisotopic (exact) mass is 334 g/mol. The summed E-state index contributed by atoms with van der Waals surface area (Å²) in [4.78, 5) is 10.9. The van der Waals surface area contributed by atoms with Crippen molar-refractivity contribution in [2.75, 3.05) is 13.2 Å². The van der Waals surface area contributed by atoms with Crippen LogP contribution >= 0.6 is 0 Å². The normalized spacial score (nSPS) is 34.0. The first kappa shape index (κ1) is 17.8. The number of ether oxygens (including phenoxy) is 3. The lowest BCUT2D eigenvalue weighted by molar-refractivity contribution is -0.206. The summed E-state index contributed by atoms with van der Waals surface area (Å²) in [5, 5.41) is 0. The molecule has 2 saturated heterocycles. The zero-order valence-corrected chi connectivity index (χ0v) is 15.1. The standard InChI is InChI=1S/C12H18O2.C8H12O2/c1-10(2)11-4-6-12(7-5-11)13-8-3-9-14-12;1-2-5-3-6-7(9)4-8(6)10-5/h4-7,10-11H,3,8-9H2,1-2H3;5-6,8H,2-4H2,1H3. The summed E-state index contributed by atoms with van der Waals surface area (Å²) in [5.74, 6) is 1.33. The summed E-state index contributed by atoms with van der Waals surface area (Å²) in [5.41, 5.74) is 0. The third kappa shape index (κ3) is 3.81. The van der Waals surface area contributed by atoms with Crippen LogP contribution < -0.4 is 0 Å². The summed E-state index contributed by atoms with van der Waals surface area (Å²) in [6.07, 6.45) is 12.9. The minimum absolute atomic E-state index is 0.282. The third-order valence-corrected chi connectivity index (χ3v) is 5.42. The minimum atomic E-state index is -0.538. The Balaban J connectivity index is 0.000000149. The van der Waals surface area contributed by atoms with Crippen molar-refractivity contribution >= 4 is 5.78 Å². The number of hydrogen-bond acceptors (Lipinski definition) is 4. The fourth-order valence-corrected chi connectivity index (χ4v) is 3.62. The maximum absolute atomic E-state index is 10.9. The van der Waals surface area contributed by atoms with Crippen LogP contribution in [0.2, 0.25) is 0 Å². The number of allylic oxidation sites excluding steroid dienone is 2. The number of carbonyl (C=O) groups excluding carboxylic acids is 1. The van der Waals surface area contributed by atoms with Crippen LogP contribution in [0.1, 0.15) is 46.5 Å². The quantitative estimate of drug-likeness (QED) is 0.723. The van der Waals surface area contributed by atoms with Gasteiger partial charge in [-0.3, -0.25) is 4.79 Å². The molecule has 3 fully saturated rings. The first-order valence-corrected chi connectivity index (χ1v) is 9.38. The molecule has 2 aliphatic carbocycles. The van der Waals surface area contributed by atoms with Crippen LogP contribution in [0.5, 0.6) is 0 Å². The highest BCUT2D eigenvalue weighted by atomic mass is 16.7. The fourth-order valence-electron chi connectivity index (χ4n) is 3.62. The Labute approximate surface area is 145 Å². The zero-order chi connectivity index (χ0) is 17.2. The molecule has 24 heavy (non-hydrogen) atoms. The minimum Gasteiger partial charge on any atom is -0.374 e. The molecule has 0 aromatic heterocycles. The van der Waals surface area contributed by atoms with Crippen LogP contribution in [0.25, 0.3) is 0 Å². The van der Waals surface area contributed by atoms with E-state index in [1.807, 2.05) is 0 Å². The molecule has 4 aliphatic rings. The Morgan fingerprint density at radius 3 is 2.38 bits per heavy atom. The molecule has 0 bridgehead atoms. The van der Waals surface area contributed by atoms with Gasteiger partial charge in [-0.15, -0.1) is 0 Å². The lowest BCUT2D eigenvalue weighted by Gasteiger charge is -2.35. The van der Waals surface area contributed by atoms with Crippen LogP contribution in [-0.2, 0) is 19.0 Å². The summed E-state index contributed by atoms with van der Waals surface area (Å²) in [6, 6.07) is 0. The first-order chi connectivity index (χ1) is 11.5. The number of Topliss-reactive ketones (excluding diaryl/α,β-unsaturated/α-hetero) is 1. The molecule has 1 spiro atoms. The van der Waals surface area contributed by atoms with Gasteiger partial charge in [0.25, 0.3) is 0 Å². The van der Waals surface area contributed by atoms with E-state index < -0.39 is 5.79 Å². The van der Waals surface area contributed by atoms with E-state index >= 15 is 0 Å². The number of carbonyl (C=O) groups is 1. The van der Waals surface area contributed by atoms with Crippen molar-refractivity contribution < 1.29 is 19.0 Å². The van der Waals surface area contributed by atoms with E-state index in [4.69, 9.17) is 14.2 Å². The van der Waals surface area contributed by atoms with E-state index in [1.165, 1.54) is 0 Å². The van der Waals surface area contributed by atoms with Crippen molar-refractivity contribution in [3.8, 4) is 0 Å². The van der Waals surface area contributed by atoms with Crippen molar-refractivity contribution in [2.24, 2.45) is 17.8 Å². The maximum atomic E-state index is 10.9. The van der Waals surface area contributed by atoms with Gasteiger partial charge in [-0.2, -0.15) is 0 Å². The van der Waals surface area contributed by atoms with Crippen LogP contribution in [0.3, 0.4) is 0 Å². The largest absolute Gasteiger partial charge is 0.374 e. The predicted molar refractivity (Wildman–Crippen MR) is 92.5 cm³/mol. The second kappa shape index (κ2) is 7.51. The fraction of sp³-hybridized carbons (Fsp3) is 0.750. The second-order valence-corrected chi connectivity index (χ2v) is 7.53. The van der Waals surface area contributed by atoms with Gasteiger partial charge >= 0.3 is 0 Å². The number of rotatable bonds is 2. The highest BCUT2D eigenvalue weighted by molar-refractivity contribution is 5.88. The Morgan fingerprint density at radius 1 is 1.21 bits per heavy atom. The topological polar surface area (TPSA) is 44.8 Å². The molecule has 4 nitrogen and oxygen atoms in total. The van der Waals surface area contributed by atoms with Gasteiger partial charge in [0, 0.05) is 12.3 Å². The molecular formula is C20H30O4. The highest BCUT2D eigenvalue weighted by Crippen LogP contribution is 2.39. The average Bonchev–Trinajstić information content (AvgIpc) is 2.93. The molecule has 1 saturated carbocycles.